The fraction of sp³-hybridized carbons (Fsp3) is 0.500. The van der Waals surface area contributed by atoms with Crippen LogP contribution in [0.1, 0.15) is 36.2 Å². The summed E-state index contributed by atoms with van der Waals surface area (Å²) in [7, 11) is -3.69. The molecule has 1 aromatic heterocycles. The lowest BCUT2D eigenvalue weighted by molar-refractivity contribution is -0.0440. The molecule has 0 bridgehead atoms. The van der Waals surface area contributed by atoms with E-state index in [0.717, 1.165) is 55.0 Å². The molecule has 2 aromatic carbocycles. The number of anilines is 1. The van der Waals surface area contributed by atoms with Crippen LogP contribution < -0.4 is 4.90 Å². The molecule has 11 heteroatoms. The Bertz CT molecular complexity index is 1390. The molecule has 3 aromatic rings. The molecule has 0 aliphatic carbocycles. The summed E-state index contributed by atoms with van der Waals surface area (Å²) in [5.41, 5.74) is 2.44. The number of sulfonamides is 1. The monoisotopic (exact) mass is 572 g/mol. The van der Waals surface area contributed by atoms with Crippen molar-refractivity contribution in [2.45, 2.75) is 44.3 Å². The standard InChI is InChI=1S/C28H36N4O5S2/c1-20-5-10-25-26(17-20)38-28(29-25)32(12-4-11-30-13-15-36-16-14-30)27(33)23-6-8-24(9-7-23)39(34,35)31-18-21(2)37-22(3)19-31/h5-10,17,21-22H,4,11-16,18-19H2,1-3H3. The van der Waals surface area contributed by atoms with Gasteiger partial charge in [0, 0.05) is 44.8 Å². The largest absolute Gasteiger partial charge is 0.379 e. The lowest BCUT2D eigenvalue weighted by atomic mass is 10.2. The van der Waals surface area contributed by atoms with Crippen LogP contribution in [0.3, 0.4) is 0 Å². The number of carbonyl (C=O) groups is 1. The summed E-state index contributed by atoms with van der Waals surface area (Å²) in [6, 6.07) is 12.4. The fourth-order valence-corrected chi connectivity index (χ4v) is 7.78. The van der Waals surface area contributed by atoms with Crippen molar-refractivity contribution < 1.29 is 22.7 Å². The van der Waals surface area contributed by atoms with Crippen LogP contribution in [0, 0.1) is 6.92 Å². The van der Waals surface area contributed by atoms with Gasteiger partial charge in [0.15, 0.2) is 5.13 Å². The van der Waals surface area contributed by atoms with Crippen molar-refractivity contribution in [3.63, 3.8) is 0 Å². The molecule has 0 radical (unpaired) electrons. The summed E-state index contributed by atoms with van der Waals surface area (Å²) in [6.45, 7) is 11.0. The van der Waals surface area contributed by atoms with Crippen molar-refractivity contribution in [3.05, 3.63) is 53.6 Å². The van der Waals surface area contributed by atoms with E-state index in [4.69, 9.17) is 14.5 Å². The Balaban J connectivity index is 1.37. The molecule has 2 atom stereocenters. The van der Waals surface area contributed by atoms with Gasteiger partial charge in [0.2, 0.25) is 10.0 Å². The lowest BCUT2D eigenvalue weighted by Gasteiger charge is -2.34. The number of fused-ring (bicyclic) bond motifs is 1. The summed E-state index contributed by atoms with van der Waals surface area (Å²) in [5.74, 6) is -0.190. The smallest absolute Gasteiger partial charge is 0.260 e. The Labute approximate surface area is 234 Å². The second-order valence-corrected chi connectivity index (χ2v) is 13.3. The van der Waals surface area contributed by atoms with Crippen molar-refractivity contribution in [2.75, 3.05) is 57.4 Å². The van der Waals surface area contributed by atoms with E-state index < -0.39 is 10.0 Å². The SMILES string of the molecule is Cc1ccc2nc(N(CCCN3CCOCC3)C(=O)c3ccc(S(=O)(=O)N4CC(C)OC(C)C4)cc3)sc2c1. The van der Waals surface area contributed by atoms with Gasteiger partial charge in [-0.1, -0.05) is 17.4 Å². The van der Waals surface area contributed by atoms with Crippen LogP contribution in [0.4, 0.5) is 5.13 Å². The van der Waals surface area contributed by atoms with Gasteiger partial charge >= 0.3 is 0 Å². The van der Waals surface area contributed by atoms with Crippen LogP contribution in [0.5, 0.6) is 0 Å². The van der Waals surface area contributed by atoms with Crippen molar-refractivity contribution in [1.82, 2.24) is 14.2 Å². The van der Waals surface area contributed by atoms with Gasteiger partial charge in [-0.3, -0.25) is 14.6 Å². The van der Waals surface area contributed by atoms with Crippen LogP contribution in [-0.4, -0.2) is 93.2 Å². The van der Waals surface area contributed by atoms with Gasteiger partial charge in [0.1, 0.15) is 0 Å². The normalized spacial score (nSPS) is 21.3. The average molecular weight is 573 g/mol. The van der Waals surface area contributed by atoms with E-state index in [1.807, 2.05) is 32.9 Å². The van der Waals surface area contributed by atoms with Crippen LogP contribution in [0.25, 0.3) is 10.2 Å². The summed E-state index contributed by atoms with van der Waals surface area (Å²) < 4.78 is 40.2. The minimum atomic E-state index is -3.69. The molecule has 0 spiro atoms. The second kappa shape index (κ2) is 12.0. The summed E-state index contributed by atoms with van der Waals surface area (Å²) in [6.07, 6.45) is 0.446. The highest BCUT2D eigenvalue weighted by Crippen LogP contribution is 2.31. The first-order valence-corrected chi connectivity index (χ1v) is 15.7. The minimum Gasteiger partial charge on any atom is -0.379 e. The van der Waals surface area contributed by atoms with Crippen LogP contribution in [-0.2, 0) is 19.5 Å². The number of hydrogen-bond donors (Lipinski definition) is 0. The Morgan fingerprint density at radius 1 is 1.08 bits per heavy atom. The quantitative estimate of drug-likeness (QED) is 0.406. The molecular formula is C28H36N4O5S2. The molecule has 0 saturated carbocycles. The molecule has 2 unspecified atom stereocenters. The van der Waals surface area contributed by atoms with Gasteiger partial charge in [0.05, 0.1) is 40.5 Å². The van der Waals surface area contributed by atoms with E-state index in [-0.39, 0.29) is 23.0 Å². The number of carbonyl (C=O) groups excluding carboxylic acids is 1. The summed E-state index contributed by atoms with van der Waals surface area (Å²) in [5, 5.41) is 0.649. The number of benzene rings is 2. The Morgan fingerprint density at radius 3 is 2.46 bits per heavy atom. The van der Waals surface area contributed by atoms with Gasteiger partial charge in [-0.15, -0.1) is 0 Å². The second-order valence-electron chi connectivity index (χ2n) is 10.3. The third-order valence-electron chi connectivity index (χ3n) is 7.09. The topological polar surface area (TPSA) is 92.3 Å². The van der Waals surface area contributed by atoms with Crippen LogP contribution >= 0.6 is 11.3 Å². The van der Waals surface area contributed by atoms with Crippen molar-refractivity contribution in [1.29, 1.82) is 0 Å². The number of nitrogens with zero attached hydrogens (tertiary/aromatic N) is 4. The van der Waals surface area contributed by atoms with Crippen LogP contribution in [0.15, 0.2) is 47.4 Å². The average Bonchev–Trinajstić information content (AvgIpc) is 3.33. The molecule has 5 rings (SSSR count). The molecule has 2 saturated heterocycles. The van der Waals surface area contributed by atoms with Gasteiger partial charge in [0.25, 0.3) is 5.91 Å². The Kier molecular flexibility index (Phi) is 8.65. The first-order valence-electron chi connectivity index (χ1n) is 13.5. The van der Waals surface area contributed by atoms with Crippen molar-refractivity contribution >= 4 is 42.6 Å². The maximum atomic E-state index is 13.8. The highest BCUT2D eigenvalue weighted by atomic mass is 32.2. The molecule has 210 valence electrons. The number of morpholine rings is 2. The van der Waals surface area contributed by atoms with E-state index in [2.05, 4.69) is 11.0 Å². The predicted octanol–water partition coefficient (Wildman–Crippen LogP) is 3.77. The van der Waals surface area contributed by atoms with Gasteiger partial charge < -0.3 is 9.47 Å². The molecule has 0 N–H and O–H groups in total. The number of rotatable bonds is 8. The Hall–Kier alpha value is -2.41. The molecule has 39 heavy (non-hydrogen) atoms. The molecule has 3 heterocycles. The molecule has 1 amide bonds. The third-order valence-corrected chi connectivity index (χ3v) is 9.98. The van der Waals surface area contributed by atoms with E-state index in [9.17, 15) is 13.2 Å². The Morgan fingerprint density at radius 2 is 1.77 bits per heavy atom. The molecule has 2 aliphatic rings. The zero-order valence-electron chi connectivity index (χ0n) is 22.7. The number of aromatic nitrogens is 1. The van der Waals surface area contributed by atoms with E-state index in [1.165, 1.54) is 27.8 Å². The number of aryl methyl sites for hydroxylation is 1. The molecule has 9 nitrogen and oxygen atoms in total. The number of thiazole rings is 1. The first kappa shape index (κ1) is 28.1. The van der Waals surface area contributed by atoms with Gasteiger partial charge in [-0.25, -0.2) is 13.4 Å². The maximum Gasteiger partial charge on any atom is 0.260 e. The molecule has 2 fully saturated rings. The number of ether oxygens (including phenoxy) is 2. The van der Waals surface area contributed by atoms with E-state index in [0.29, 0.717) is 30.3 Å². The zero-order chi connectivity index (χ0) is 27.6. The highest BCUT2D eigenvalue weighted by Gasteiger charge is 2.32. The van der Waals surface area contributed by atoms with Crippen molar-refractivity contribution in [2.24, 2.45) is 0 Å². The lowest BCUT2D eigenvalue weighted by Crippen LogP contribution is -2.48. The summed E-state index contributed by atoms with van der Waals surface area (Å²) in [4.78, 5) is 22.8. The minimum absolute atomic E-state index is 0.173. The van der Waals surface area contributed by atoms with Gasteiger partial charge in [-0.2, -0.15) is 4.31 Å². The number of amides is 1. The van der Waals surface area contributed by atoms with Gasteiger partial charge in [-0.05, 0) is 69.2 Å². The number of hydrogen-bond acceptors (Lipinski definition) is 8. The third kappa shape index (κ3) is 6.50. The molecular weight excluding hydrogens is 536 g/mol. The summed E-state index contributed by atoms with van der Waals surface area (Å²) >= 11 is 1.50. The van der Waals surface area contributed by atoms with E-state index >= 15 is 0 Å². The predicted molar refractivity (Wildman–Crippen MR) is 153 cm³/mol. The highest BCUT2D eigenvalue weighted by molar-refractivity contribution is 7.89. The molecule has 2 aliphatic heterocycles. The fourth-order valence-electron chi connectivity index (χ4n) is 5.10. The first-order chi connectivity index (χ1) is 18.7. The van der Waals surface area contributed by atoms with Crippen molar-refractivity contribution in [3.8, 4) is 0 Å². The van der Waals surface area contributed by atoms with E-state index in [1.54, 1.807) is 17.0 Å². The van der Waals surface area contributed by atoms with Crippen LogP contribution in [0.2, 0.25) is 0 Å². The zero-order valence-corrected chi connectivity index (χ0v) is 24.3. The maximum absolute atomic E-state index is 13.8.